The van der Waals surface area contributed by atoms with E-state index in [1.165, 1.54) is 17.0 Å². The third-order valence-corrected chi connectivity index (χ3v) is 4.60. The summed E-state index contributed by atoms with van der Waals surface area (Å²) in [6.07, 6.45) is 3.94. The van der Waals surface area contributed by atoms with Gasteiger partial charge < -0.3 is 9.88 Å². The highest BCUT2D eigenvalue weighted by molar-refractivity contribution is 6.31. The van der Waals surface area contributed by atoms with Crippen molar-refractivity contribution in [2.24, 2.45) is 0 Å². The van der Waals surface area contributed by atoms with Crippen molar-refractivity contribution < 1.29 is 13.6 Å². The smallest absolute Gasteiger partial charge is 0.260 e. The number of carbonyl (C=O) groups is 1. The van der Waals surface area contributed by atoms with Crippen molar-refractivity contribution in [3.63, 3.8) is 0 Å². The van der Waals surface area contributed by atoms with Crippen molar-refractivity contribution in [1.82, 2.24) is 9.88 Å². The van der Waals surface area contributed by atoms with Gasteiger partial charge in [0.1, 0.15) is 0 Å². The fourth-order valence-corrected chi connectivity index (χ4v) is 3.29. The molecule has 2 heterocycles. The lowest BCUT2D eigenvalue weighted by Crippen LogP contribution is -2.28. The van der Waals surface area contributed by atoms with Crippen LogP contribution in [-0.4, -0.2) is 22.3 Å². The first-order chi connectivity index (χ1) is 12.0. The molecule has 1 aliphatic rings. The second kappa shape index (κ2) is 6.01. The Morgan fingerprint density at radius 1 is 1.20 bits per heavy atom. The van der Waals surface area contributed by atoms with Gasteiger partial charge in [-0.1, -0.05) is 17.7 Å². The predicted octanol–water partition coefficient (Wildman–Crippen LogP) is 4.77. The van der Waals surface area contributed by atoms with Gasteiger partial charge in [-0.15, -0.1) is 0 Å². The lowest BCUT2D eigenvalue weighted by Gasteiger charge is -2.17. The van der Waals surface area contributed by atoms with Crippen LogP contribution in [0.1, 0.15) is 21.6 Å². The van der Waals surface area contributed by atoms with E-state index in [1.54, 1.807) is 12.3 Å². The first kappa shape index (κ1) is 15.8. The second-order valence-electron chi connectivity index (χ2n) is 5.87. The molecule has 0 fully saturated rings. The van der Waals surface area contributed by atoms with Gasteiger partial charge in [0.05, 0.1) is 5.56 Å². The molecule has 0 radical (unpaired) electrons. The van der Waals surface area contributed by atoms with Crippen LogP contribution in [0.25, 0.3) is 17.0 Å². The Labute approximate surface area is 147 Å². The number of benzene rings is 2. The standard InChI is InChI=1S/C19H13ClF2N2O/c20-11-4-5-16-14(10-11)12-6-8-24(9-7-17(12)23-16)19(25)13-2-1-3-15(21)18(13)22/h1-5,7,9-10,23H,6,8H2. The molecule has 0 saturated carbocycles. The van der Waals surface area contributed by atoms with Gasteiger partial charge in [0, 0.05) is 34.4 Å². The van der Waals surface area contributed by atoms with E-state index < -0.39 is 17.5 Å². The summed E-state index contributed by atoms with van der Waals surface area (Å²) in [6.45, 7) is 0.359. The average Bonchev–Trinajstić information content (AvgIpc) is 2.80. The van der Waals surface area contributed by atoms with Crippen LogP contribution < -0.4 is 0 Å². The summed E-state index contributed by atoms with van der Waals surface area (Å²) in [5, 5.41) is 1.63. The molecule has 126 valence electrons. The molecule has 0 aliphatic carbocycles. The highest BCUT2D eigenvalue weighted by atomic mass is 35.5. The minimum Gasteiger partial charge on any atom is -0.355 e. The normalized spacial score (nSPS) is 13.8. The van der Waals surface area contributed by atoms with Crippen molar-refractivity contribution in [3.8, 4) is 0 Å². The number of halogens is 3. The van der Waals surface area contributed by atoms with Gasteiger partial charge >= 0.3 is 0 Å². The van der Waals surface area contributed by atoms with E-state index >= 15 is 0 Å². The number of H-pyrrole nitrogens is 1. The number of nitrogens with one attached hydrogen (secondary N) is 1. The van der Waals surface area contributed by atoms with Crippen molar-refractivity contribution in [3.05, 3.63) is 76.1 Å². The molecule has 4 rings (SSSR count). The van der Waals surface area contributed by atoms with Gasteiger partial charge in [-0.05, 0) is 48.4 Å². The maximum Gasteiger partial charge on any atom is 0.260 e. The van der Waals surface area contributed by atoms with Crippen LogP contribution in [0.2, 0.25) is 5.02 Å². The molecular formula is C19H13ClF2N2O. The number of rotatable bonds is 1. The highest BCUT2D eigenvalue weighted by Gasteiger charge is 2.22. The number of carbonyl (C=O) groups excluding carboxylic acids is 1. The Bertz CT molecular complexity index is 1030. The molecule has 0 spiro atoms. The maximum absolute atomic E-state index is 13.9. The van der Waals surface area contributed by atoms with Crippen molar-refractivity contribution in [2.75, 3.05) is 6.54 Å². The van der Waals surface area contributed by atoms with E-state index in [1.807, 2.05) is 18.2 Å². The molecule has 1 aliphatic heterocycles. The van der Waals surface area contributed by atoms with Gasteiger partial charge in [0.2, 0.25) is 0 Å². The molecule has 0 bridgehead atoms. The summed E-state index contributed by atoms with van der Waals surface area (Å²) in [4.78, 5) is 17.2. The molecule has 0 atom stereocenters. The van der Waals surface area contributed by atoms with Gasteiger partial charge in [0.25, 0.3) is 5.91 Å². The minimum absolute atomic E-state index is 0.275. The summed E-state index contributed by atoms with van der Waals surface area (Å²) in [5.41, 5.74) is 2.62. The molecule has 3 aromatic rings. The Kier molecular flexibility index (Phi) is 3.81. The molecule has 2 aromatic carbocycles. The van der Waals surface area contributed by atoms with Crippen LogP contribution in [0.3, 0.4) is 0 Å². The minimum atomic E-state index is -1.12. The molecule has 3 nitrogen and oxygen atoms in total. The number of fused-ring (bicyclic) bond motifs is 3. The van der Waals surface area contributed by atoms with E-state index in [-0.39, 0.29) is 5.56 Å². The topological polar surface area (TPSA) is 36.1 Å². The molecule has 25 heavy (non-hydrogen) atoms. The molecule has 0 saturated heterocycles. The van der Waals surface area contributed by atoms with Crippen LogP contribution >= 0.6 is 11.6 Å². The Hall–Kier alpha value is -2.66. The number of aromatic nitrogens is 1. The Morgan fingerprint density at radius 2 is 2.04 bits per heavy atom. The van der Waals surface area contributed by atoms with E-state index in [9.17, 15) is 13.6 Å². The zero-order valence-corrected chi connectivity index (χ0v) is 13.8. The van der Waals surface area contributed by atoms with E-state index in [2.05, 4.69) is 4.98 Å². The summed E-state index contributed by atoms with van der Waals surface area (Å²) < 4.78 is 27.3. The lowest BCUT2D eigenvalue weighted by atomic mass is 10.1. The fourth-order valence-electron chi connectivity index (χ4n) is 3.12. The first-order valence-electron chi connectivity index (χ1n) is 7.78. The first-order valence-corrected chi connectivity index (χ1v) is 8.15. The summed E-state index contributed by atoms with van der Waals surface area (Å²) >= 11 is 6.08. The van der Waals surface area contributed by atoms with Gasteiger partial charge in [0.15, 0.2) is 11.6 Å². The molecule has 1 N–H and O–H groups in total. The number of aromatic amines is 1. The van der Waals surface area contributed by atoms with E-state index in [0.717, 1.165) is 28.2 Å². The number of hydrogen-bond acceptors (Lipinski definition) is 1. The molecule has 6 heteroatoms. The maximum atomic E-state index is 13.9. The predicted molar refractivity (Wildman–Crippen MR) is 93.4 cm³/mol. The number of hydrogen-bond donors (Lipinski definition) is 1. The van der Waals surface area contributed by atoms with E-state index in [4.69, 9.17) is 11.6 Å². The quantitative estimate of drug-likeness (QED) is 0.668. The fraction of sp³-hybridized carbons (Fsp3) is 0.105. The average molecular weight is 359 g/mol. The highest BCUT2D eigenvalue weighted by Crippen LogP contribution is 2.29. The Morgan fingerprint density at radius 3 is 2.88 bits per heavy atom. The number of amides is 1. The van der Waals surface area contributed by atoms with Crippen molar-refractivity contribution in [2.45, 2.75) is 6.42 Å². The largest absolute Gasteiger partial charge is 0.355 e. The van der Waals surface area contributed by atoms with Crippen LogP contribution in [-0.2, 0) is 6.42 Å². The van der Waals surface area contributed by atoms with Gasteiger partial charge in [-0.2, -0.15) is 0 Å². The summed E-state index contributed by atoms with van der Waals surface area (Å²) in [7, 11) is 0. The lowest BCUT2D eigenvalue weighted by molar-refractivity contribution is 0.0819. The van der Waals surface area contributed by atoms with Crippen LogP contribution in [0.5, 0.6) is 0 Å². The third kappa shape index (κ3) is 2.70. The van der Waals surface area contributed by atoms with E-state index in [0.29, 0.717) is 18.0 Å². The second-order valence-corrected chi connectivity index (χ2v) is 6.31. The van der Waals surface area contributed by atoms with Gasteiger partial charge in [-0.25, -0.2) is 8.78 Å². The van der Waals surface area contributed by atoms with Gasteiger partial charge in [-0.3, -0.25) is 4.79 Å². The SMILES string of the molecule is O=C(c1cccc(F)c1F)N1C=Cc2[nH]c3ccc(Cl)cc3c2CC1. The van der Waals surface area contributed by atoms with Crippen LogP contribution in [0.4, 0.5) is 8.78 Å². The third-order valence-electron chi connectivity index (χ3n) is 4.37. The zero-order chi connectivity index (χ0) is 17.6. The molecule has 0 unspecified atom stereocenters. The molecule has 1 aromatic heterocycles. The monoisotopic (exact) mass is 358 g/mol. The Balaban J connectivity index is 1.68. The summed E-state index contributed by atoms with van der Waals surface area (Å²) in [5.74, 6) is -2.72. The van der Waals surface area contributed by atoms with Crippen LogP contribution in [0, 0.1) is 11.6 Å². The summed E-state index contributed by atoms with van der Waals surface area (Å²) in [6, 6.07) is 9.20. The van der Waals surface area contributed by atoms with Crippen LogP contribution in [0.15, 0.2) is 42.6 Å². The number of nitrogens with zero attached hydrogens (tertiary/aromatic N) is 1. The molecule has 1 amide bonds. The molecular weight excluding hydrogens is 346 g/mol. The zero-order valence-electron chi connectivity index (χ0n) is 13.0. The van der Waals surface area contributed by atoms with Crippen molar-refractivity contribution in [1.29, 1.82) is 0 Å². The van der Waals surface area contributed by atoms with Crippen molar-refractivity contribution >= 4 is 34.5 Å².